The summed E-state index contributed by atoms with van der Waals surface area (Å²) in [6.45, 7) is 0. The third kappa shape index (κ3) is 1.60. The topological polar surface area (TPSA) is 52.6 Å². The molecule has 0 bridgehead atoms. The van der Waals surface area contributed by atoms with Gasteiger partial charge in [0.15, 0.2) is 0 Å². The second-order valence-electron chi connectivity index (χ2n) is 4.71. The van der Waals surface area contributed by atoms with E-state index < -0.39 is 0 Å². The number of hydrogen-bond donors (Lipinski definition) is 0. The third-order valence-electron chi connectivity index (χ3n) is 4.13. The summed E-state index contributed by atoms with van der Waals surface area (Å²) in [4.78, 5) is 23.3. The predicted molar refractivity (Wildman–Crippen MR) is 56.5 cm³/mol. The lowest BCUT2D eigenvalue weighted by molar-refractivity contribution is -0.182. The van der Waals surface area contributed by atoms with Crippen molar-refractivity contribution in [2.45, 2.75) is 25.7 Å². The molecule has 4 nitrogen and oxygen atoms in total. The van der Waals surface area contributed by atoms with Crippen LogP contribution in [0.4, 0.5) is 0 Å². The molecule has 4 unspecified atom stereocenters. The number of rotatable bonds is 2. The predicted octanol–water partition coefficient (Wildman–Crippen LogP) is 1.38. The van der Waals surface area contributed by atoms with Crippen molar-refractivity contribution < 1.29 is 19.1 Å². The van der Waals surface area contributed by atoms with Crippen molar-refractivity contribution in [2.24, 2.45) is 23.7 Å². The fourth-order valence-electron chi connectivity index (χ4n) is 3.38. The molecule has 0 radical (unpaired) electrons. The van der Waals surface area contributed by atoms with Crippen LogP contribution in [0, 0.1) is 23.7 Å². The maximum atomic E-state index is 11.6. The fraction of sp³-hybridized carbons (Fsp3) is 0.833. The van der Waals surface area contributed by atoms with E-state index in [0.29, 0.717) is 11.8 Å². The first-order chi connectivity index (χ1) is 7.70. The van der Waals surface area contributed by atoms with Crippen molar-refractivity contribution in [3.8, 4) is 0 Å². The van der Waals surface area contributed by atoms with Crippen molar-refractivity contribution in [3.63, 3.8) is 0 Å². The molecule has 2 rings (SSSR count). The monoisotopic (exact) mass is 226 g/mol. The van der Waals surface area contributed by atoms with Crippen LogP contribution in [0.25, 0.3) is 0 Å². The molecule has 2 saturated carbocycles. The molecule has 2 aliphatic rings. The number of esters is 2. The molecule has 0 spiro atoms. The van der Waals surface area contributed by atoms with E-state index in [1.807, 2.05) is 0 Å². The van der Waals surface area contributed by atoms with E-state index in [0.717, 1.165) is 25.7 Å². The molecule has 4 heteroatoms. The van der Waals surface area contributed by atoms with Crippen molar-refractivity contribution in [2.75, 3.05) is 14.2 Å². The Morgan fingerprint density at radius 2 is 1.25 bits per heavy atom. The van der Waals surface area contributed by atoms with Gasteiger partial charge in [-0.05, 0) is 24.7 Å². The molecule has 0 aromatic heterocycles. The van der Waals surface area contributed by atoms with Crippen LogP contribution >= 0.6 is 0 Å². The van der Waals surface area contributed by atoms with E-state index in [1.165, 1.54) is 14.2 Å². The van der Waals surface area contributed by atoms with Gasteiger partial charge in [-0.3, -0.25) is 9.59 Å². The Labute approximate surface area is 95.3 Å². The Kier molecular flexibility index (Phi) is 3.17. The van der Waals surface area contributed by atoms with Gasteiger partial charge < -0.3 is 9.47 Å². The molecular formula is C12H18O4. The Hall–Kier alpha value is -1.06. The molecule has 16 heavy (non-hydrogen) atoms. The average Bonchev–Trinajstić information content (AvgIpc) is 2.30. The molecule has 0 N–H and O–H groups in total. The highest BCUT2D eigenvalue weighted by Crippen LogP contribution is 2.54. The SMILES string of the molecule is COC(=O)C1C2CCCCC2C1C(=O)OC. The number of carbonyl (C=O) groups excluding carboxylic acids is 2. The zero-order valence-electron chi connectivity index (χ0n) is 9.77. The van der Waals surface area contributed by atoms with Gasteiger partial charge in [0.25, 0.3) is 0 Å². The van der Waals surface area contributed by atoms with Crippen molar-refractivity contribution >= 4 is 11.9 Å². The summed E-state index contributed by atoms with van der Waals surface area (Å²) in [6.07, 6.45) is 4.39. The highest BCUT2D eigenvalue weighted by atomic mass is 16.5. The first-order valence-electron chi connectivity index (χ1n) is 5.86. The Bertz CT molecular complexity index is 269. The van der Waals surface area contributed by atoms with E-state index in [9.17, 15) is 9.59 Å². The summed E-state index contributed by atoms with van der Waals surface area (Å²) in [5, 5.41) is 0. The molecule has 4 atom stereocenters. The van der Waals surface area contributed by atoms with Gasteiger partial charge in [0.2, 0.25) is 0 Å². The van der Waals surface area contributed by atoms with E-state index in [1.54, 1.807) is 0 Å². The van der Waals surface area contributed by atoms with Gasteiger partial charge in [0.1, 0.15) is 0 Å². The van der Waals surface area contributed by atoms with E-state index >= 15 is 0 Å². The van der Waals surface area contributed by atoms with Crippen LogP contribution in [0.2, 0.25) is 0 Å². The maximum absolute atomic E-state index is 11.6. The number of hydrogen-bond acceptors (Lipinski definition) is 4. The molecule has 0 aromatic rings. The second-order valence-corrected chi connectivity index (χ2v) is 4.71. The van der Waals surface area contributed by atoms with Crippen LogP contribution < -0.4 is 0 Å². The zero-order chi connectivity index (χ0) is 11.7. The minimum absolute atomic E-state index is 0.251. The molecule has 0 heterocycles. The molecule has 0 amide bonds. The molecule has 0 saturated heterocycles. The molecule has 90 valence electrons. The minimum Gasteiger partial charge on any atom is -0.469 e. The van der Waals surface area contributed by atoms with Crippen LogP contribution in [-0.2, 0) is 19.1 Å². The molecular weight excluding hydrogens is 208 g/mol. The Morgan fingerprint density at radius 3 is 1.56 bits per heavy atom. The lowest BCUT2D eigenvalue weighted by Crippen LogP contribution is -2.55. The highest BCUT2D eigenvalue weighted by Gasteiger charge is 2.58. The van der Waals surface area contributed by atoms with Crippen LogP contribution in [0.1, 0.15) is 25.7 Å². The number of carbonyl (C=O) groups is 2. The first kappa shape index (κ1) is 11.4. The number of ether oxygens (including phenoxy) is 2. The van der Waals surface area contributed by atoms with E-state index in [2.05, 4.69) is 0 Å². The van der Waals surface area contributed by atoms with E-state index in [-0.39, 0.29) is 23.8 Å². The van der Waals surface area contributed by atoms with Crippen molar-refractivity contribution in [3.05, 3.63) is 0 Å². The van der Waals surface area contributed by atoms with Gasteiger partial charge in [-0.1, -0.05) is 12.8 Å². The largest absolute Gasteiger partial charge is 0.469 e. The minimum atomic E-state index is -0.261. The molecule has 0 aromatic carbocycles. The summed E-state index contributed by atoms with van der Waals surface area (Å²) >= 11 is 0. The van der Waals surface area contributed by atoms with Gasteiger partial charge in [0, 0.05) is 0 Å². The van der Waals surface area contributed by atoms with Gasteiger partial charge in [-0.2, -0.15) is 0 Å². The summed E-state index contributed by atoms with van der Waals surface area (Å²) in [5.74, 6) is -0.349. The lowest BCUT2D eigenvalue weighted by atomic mass is 9.52. The smallest absolute Gasteiger partial charge is 0.309 e. The Morgan fingerprint density at radius 1 is 0.875 bits per heavy atom. The van der Waals surface area contributed by atoms with Gasteiger partial charge >= 0.3 is 11.9 Å². The summed E-state index contributed by atoms with van der Waals surface area (Å²) in [7, 11) is 2.76. The fourth-order valence-corrected chi connectivity index (χ4v) is 3.38. The van der Waals surface area contributed by atoms with Gasteiger partial charge in [0.05, 0.1) is 26.1 Å². The Balaban J connectivity index is 2.13. The van der Waals surface area contributed by atoms with Crippen molar-refractivity contribution in [1.82, 2.24) is 0 Å². The second kappa shape index (κ2) is 4.44. The lowest BCUT2D eigenvalue weighted by Gasteiger charge is -2.51. The highest BCUT2D eigenvalue weighted by molar-refractivity contribution is 5.84. The number of methoxy groups -OCH3 is 2. The summed E-state index contributed by atoms with van der Waals surface area (Å²) in [5.41, 5.74) is 0. The molecule has 0 aliphatic heterocycles. The van der Waals surface area contributed by atoms with Gasteiger partial charge in [-0.15, -0.1) is 0 Å². The summed E-state index contributed by atoms with van der Waals surface area (Å²) < 4.78 is 9.56. The number of fused-ring (bicyclic) bond motifs is 1. The normalized spacial score (nSPS) is 36.9. The van der Waals surface area contributed by atoms with Gasteiger partial charge in [-0.25, -0.2) is 0 Å². The quantitative estimate of drug-likeness (QED) is 0.667. The summed E-state index contributed by atoms with van der Waals surface area (Å²) in [6, 6.07) is 0. The van der Waals surface area contributed by atoms with Crippen LogP contribution in [0.5, 0.6) is 0 Å². The molecule has 2 aliphatic carbocycles. The third-order valence-corrected chi connectivity index (χ3v) is 4.13. The zero-order valence-corrected chi connectivity index (χ0v) is 9.77. The van der Waals surface area contributed by atoms with Crippen molar-refractivity contribution in [1.29, 1.82) is 0 Å². The van der Waals surface area contributed by atoms with Crippen LogP contribution in [0.15, 0.2) is 0 Å². The first-order valence-corrected chi connectivity index (χ1v) is 5.86. The van der Waals surface area contributed by atoms with Crippen LogP contribution in [-0.4, -0.2) is 26.2 Å². The average molecular weight is 226 g/mol. The maximum Gasteiger partial charge on any atom is 0.309 e. The van der Waals surface area contributed by atoms with Crippen LogP contribution in [0.3, 0.4) is 0 Å². The van der Waals surface area contributed by atoms with E-state index in [4.69, 9.17) is 9.47 Å². The molecule has 2 fully saturated rings. The standard InChI is InChI=1S/C12H18O4/c1-15-11(13)9-7-5-3-4-6-8(7)10(9)12(14)16-2/h7-10H,3-6H2,1-2H3.